The summed E-state index contributed by atoms with van der Waals surface area (Å²) in [7, 11) is 0. The maximum atomic E-state index is 12.0. The third kappa shape index (κ3) is 3.61. The van der Waals surface area contributed by atoms with Crippen LogP contribution in [0.3, 0.4) is 0 Å². The Bertz CT molecular complexity index is 614. The Kier molecular flexibility index (Phi) is 4.61. The van der Waals surface area contributed by atoms with Crippen molar-refractivity contribution in [2.75, 3.05) is 6.61 Å². The summed E-state index contributed by atoms with van der Waals surface area (Å²) < 4.78 is 0. The summed E-state index contributed by atoms with van der Waals surface area (Å²) in [6.07, 6.45) is 4.72. The molecule has 1 amide bonds. The van der Waals surface area contributed by atoms with Gasteiger partial charge in [-0.15, -0.1) is 11.3 Å². The van der Waals surface area contributed by atoms with E-state index in [1.807, 2.05) is 5.38 Å². The van der Waals surface area contributed by atoms with Crippen molar-refractivity contribution in [3.05, 3.63) is 46.2 Å². The van der Waals surface area contributed by atoms with Crippen LogP contribution in [0.4, 0.5) is 0 Å². The van der Waals surface area contributed by atoms with Gasteiger partial charge in [-0.2, -0.15) is 0 Å². The monoisotopic (exact) mass is 273 g/mol. The number of aromatic nitrogens is 2. The van der Waals surface area contributed by atoms with E-state index in [9.17, 15) is 4.79 Å². The zero-order valence-corrected chi connectivity index (χ0v) is 10.8. The van der Waals surface area contributed by atoms with Crippen molar-refractivity contribution in [2.24, 2.45) is 0 Å². The van der Waals surface area contributed by atoms with Crippen LogP contribution in [-0.2, 0) is 6.54 Å². The fraction of sp³-hybridized carbons (Fsp3) is 0.154. The van der Waals surface area contributed by atoms with Crippen molar-refractivity contribution in [3.63, 3.8) is 0 Å². The molecular weight excluding hydrogens is 262 g/mol. The maximum Gasteiger partial charge on any atom is 0.253 e. The molecule has 0 aliphatic heterocycles. The normalized spacial score (nSPS) is 9.53. The SMILES string of the molecule is O=C(NCc1nccs1)c1ccncc1C#CCO. The highest BCUT2D eigenvalue weighted by Crippen LogP contribution is 2.07. The largest absolute Gasteiger partial charge is 0.384 e. The molecule has 0 saturated carbocycles. The van der Waals surface area contributed by atoms with Crippen LogP contribution in [0, 0.1) is 11.8 Å². The minimum atomic E-state index is -0.255. The molecule has 0 aliphatic rings. The molecule has 2 heterocycles. The molecule has 19 heavy (non-hydrogen) atoms. The van der Waals surface area contributed by atoms with E-state index in [-0.39, 0.29) is 12.5 Å². The highest BCUT2D eigenvalue weighted by atomic mass is 32.1. The van der Waals surface area contributed by atoms with E-state index in [0.29, 0.717) is 17.7 Å². The molecule has 5 nitrogen and oxygen atoms in total. The van der Waals surface area contributed by atoms with Gasteiger partial charge in [-0.3, -0.25) is 9.78 Å². The highest BCUT2D eigenvalue weighted by Gasteiger charge is 2.10. The second-order valence-electron chi connectivity index (χ2n) is 3.49. The van der Waals surface area contributed by atoms with Gasteiger partial charge in [0, 0.05) is 24.0 Å². The van der Waals surface area contributed by atoms with Crippen LogP contribution in [0.1, 0.15) is 20.9 Å². The van der Waals surface area contributed by atoms with Gasteiger partial charge in [-0.05, 0) is 6.07 Å². The lowest BCUT2D eigenvalue weighted by Gasteiger charge is -2.04. The Hall–Kier alpha value is -2.23. The van der Waals surface area contributed by atoms with Gasteiger partial charge in [0.2, 0.25) is 0 Å². The number of rotatable bonds is 3. The van der Waals surface area contributed by atoms with Crippen LogP contribution in [0.25, 0.3) is 0 Å². The molecule has 0 unspecified atom stereocenters. The zero-order chi connectivity index (χ0) is 13.5. The molecule has 0 bridgehead atoms. The molecule has 96 valence electrons. The third-order valence-corrected chi connectivity index (χ3v) is 3.03. The molecule has 2 N–H and O–H groups in total. The Balaban J connectivity index is 2.10. The van der Waals surface area contributed by atoms with Crippen molar-refractivity contribution in [2.45, 2.75) is 6.54 Å². The number of nitrogens with one attached hydrogen (secondary N) is 1. The standard InChI is InChI=1S/C13H11N3O2S/c17-6-1-2-10-8-14-4-3-11(10)13(18)16-9-12-15-5-7-19-12/h3-5,7-8,17H,6,9H2,(H,16,18). The summed E-state index contributed by atoms with van der Waals surface area (Å²) in [4.78, 5) is 20.0. The lowest BCUT2D eigenvalue weighted by molar-refractivity contribution is 0.0950. The van der Waals surface area contributed by atoms with Crippen LogP contribution >= 0.6 is 11.3 Å². The van der Waals surface area contributed by atoms with Crippen molar-refractivity contribution in [1.82, 2.24) is 15.3 Å². The van der Waals surface area contributed by atoms with Crippen molar-refractivity contribution < 1.29 is 9.90 Å². The second kappa shape index (κ2) is 6.64. The van der Waals surface area contributed by atoms with Crippen LogP contribution in [0.2, 0.25) is 0 Å². The average Bonchev–Trinajstić information content (AvgIpc) is 2.96. The summed E-state index contributed by atoms with van der Waals surface area (Å²) in [5.74, 6) is 4.97. The van der Waals surface area contributed by atoms with Gasteiger partial charge < -0.3 is 10.4 Å². The van der Waals surface area contributed by atoms with E-state index in [4.69, 9.17) is 5.11 Å². The first-order valence-electron chi connectivity index (χ1n) is 5.51. The maximum absolute atomic E-state index is 12.0. The van der Waals surface area contributed by atoms with E-state index < -0.39 is 0 Å². The third-order valence-electron chi connectivity index (χ3n) is 2.25. The molecule has 0 spiro atoms. The molecule has 0 aliphatic carbocycles. The van der Waals surface area contributed by atoms with E-state index in [2.05, 4.69) is 27.1 Å². The van der Waals surface area contributed by atoms with Gasteiger partial charge in [-0.1, -0.05) is 11.8 Å². The quantitative estimate of drug-likeness (QED) is 0.812. The van der Waals surface area contributed by atoms with E-state index >= 15 is 0 Å². The van der Waals surface area contributed by atoms with E-state index in [1.165, 1.54) is 23.7 Å². The van der Waals surface area contributed by atoms with Crippen molar-refractivity contribution in [3.8, 4) is 11.8 Å². The van der Waals surface area contributed by atoms with Gasteiger partial charge in [-0.25, -0.2) is 4.98 Å². The number of carbonyl (C=O) groups excluding carboxylic acids is 1. The first kappa shape index (κ1) is 13.2. The highest BCUT2D eigenvalue weighted by molar-refractivity contribution is 7.09. The number of aliphatic hydroxyl groups excluding tert-OH is 1. The predicted molar refractivity (Wildman–Crippen MR) is 71.5 cm³/mol. The molecule has 2 rings (SSSR count). The lowest BCUT2D eigenvalue weighted by atomic mass is 10.1. The van der Waals surface area contributed by atoms with Gasteiger partial charge in [0.05, 0.1) is 17.7 Å². The molecule has 0 fully saturated rings. The first-order valence-corrected chi connectivity index (χ1v) is 6.39. The minimum absolute atomic E-state index is 0.236. The summed E-state index contributed by atoms with van der Waals surface area (Å²) in [6.45, 7) is 0.126. The molecule has 0 radical (unpaired) electrons. The summed E-state index contributed by atoms with van der Waals surface area (Å²) in [5.41, 5.74) is 0.931. The van der Waals surface area contributed by atoms with Crippen molar-refractivity contribution >= 4 is 17.2 Å². The summed E-state index contributed by atoms with van der Waals surface area (Å²) >= 11 is 1.48. The molecule has 0 saturated heterocycles. The van der Waals surface area contributed by atoms with Crippen LogP contribution < -0.4 is 5.32 Å². The number of hydrogen-bond donors (Lipinski definition) is 2. The number of pyridine rings is 1. The lowest BCUT2D eigenvalue weighted by Crippen LogP contribution is -2.23. The molecule has 0 atom stereocenters. The molecule has 2 aromatic rings. The van der Waals surface area contributed by atoms with Crippen LogP contribution in [-0.4, -0.2) is 27.6 Å². The first-order chi connectivity index (χ1) is 9.31. The second-order valence-corrected chi connectivity index (χ2v) is 4.47. The zero-order valence-electron chi connectivity index (χ0n) is 9.96. The average molecular weight is 273 g/mol. The Morgan fingerprint density at radius 3 is 3.11 bits per heavy atom. The fourth-order valence-electron chi connectivity index (χ4n) is 1.42. The number of aliphatic hydroxyl groups is 1. The van der Waals surface area contributed by atoms with Gasteiger partial charge in [0.25, 0.3) is 5.91 Å². The molecular formula is C13H11N3O2S. The van der Waals surface area contributed by atoms with Gasteiger partial charge in [0.15, 0.2) is 0 Å². The van der Waals surface area contributed by atoms with Crippen molar-refractivity contribution in [1.29, 1.82) is 0 Å². The van der Waals surface area contributed by atoms with E-state index in [1.54, 1.807) is 12.3 Å². The molecule has 0 aromatic carbocycles. The topological polar surface area (TPSA) is 75.1 Å². The Morgan fingerprint density at radius 2 is 2.37 bits per heavy atom. The number of hydrogen-bond acceptors (Lipinski definition) is 5. The van der Waals surface area contributed by atoms with Gasteiger partial charge >= 0.3 is 0 Å². The molecule has 2 aromatic heterocycles. The fourth-order valence-corrected chi connectivity index (χ4v) is 1.97. The van der Waals surface area contributed by atoms with Crippen LogP contribution in [0.5, 0.6) is 0 Å². The number of nitrogens with zero attached hydrogens (tertiary/aromatic N) is 2. The summed E-state index contributed by atoms with van der Waals surface area (Å²) in [6, 6.07) is 1.60. The van der Waals surface area contributed by atoms with E-state index in [0.717, 1.165) is 5.01 Å². The van der Waals surface area contributed by atoms with Gasteiger partial charge in [0.1, 0.15) is 11.6 Å². The van der Waals surface area contributed by atoms with Crippen LogP contribution in [0.15, 0.2) is 30.0 Å². The predicted octanol–water partition coefficient (Wildman–Crippen LogP) is 0.812. The number of carbonyl (C=O) groups is 1. The smallest absolute Gasteiger partial charge is 0.253 e. The Labute approximate surface area is 114 Å². The minimum Gasteiger partial charge on any atom is -0.384 e. The number of amides is 1. The summed E-state index contributed by atoms with van der Waals surface area (Å²) in [5, 5.41) is 14.1. The Morgan fingerprint density at radius 1 is 1.47 bits per heavy atom. The molecule has 6 heteroatoms. The number of thiazole rings is 1.